The van der Waals surface area contributed by atoms with E-state index in [-0.39, 0.29) is 0 Å². The lowest BCUT2D eigenvalue weighted by Crippen LogP contribution is -2.38. The predicted octanol–water partition coefficient (Wildman–Crippen LogP) is 0.552. The Balaban J connectivity index is 2.24. The Morgan fingerprint density at radius 1 is 1.29 bits per heavy atom. The van der Waals surface area contributed by atoms with E-state index in [9.17, 15) is 8.42 Å². The second-order valence-corrected chi connectivity index (χ2v) is 5.11. The van der Waals surface area contributed by atoms with E-state index in [1.807, 2.05) is 4.89 Å². The molecule has 1 fully saturated rings. The monoisotopic (exact) mass is 222 g/mol. The van der Waals surface area contributed by atoms with Crippen molar-refractivity contribution < 1.29 is 13.3 Å². The quantitative estimate of drug-likeness (QED) is 0.668. The highest BCUT2D eigenvalue weighted by atomic mass is 32.2. The van der Waals surface area contributed by atoms with Crippen LogP contribution in [-0.2, 0) is 15.0 Å². The van der Waals surface area contributed by atoms with Crippen LogP contribution in [0, 0.1) is 5.92 Å². The highest BCUT2D eigenvalue weighted by Crippen LogP contribution is 2.22. The van der Waals surface area contributed by atoms with Gasteiger partial charge in [0, 0.05) is 6.54 Å². The summed E-state index contributed by atoms with van der Waals surface area (Å²) in [7, 11) is -2.18. The molecule has 0 amide bonds. The summed E-state index contributed by atoms with van der Waals surface area (Å²) in [5.41, 5.74) is 0. The minimum Gasteiger partial charge on any atom is -0.289 e. The smallest absolute Gasteiger partial charge is 0.289 e. The van der Waals surface area contributed by atoms with Gasteiger partial charge in [-0.3, -0.25) is 4.84 Å². The Hall–Kier alpha value is -0.170. The maximum Gasteiger partial charge on any atom is 0.299 e. The van der Waals surface area contributed by atoms with Gasteiger partial charge in [-0.1, -0.05) is 24.1 Å². The highest BCUT2D eigenvalue weighted by Gasteiger charge is 2.16. The van der Waals surface area contributed by atoms with Gasteiger partial charge in [0.25, 0.3) is 10.2 Å². The number of nitrogens with one attached hydrogen (secondary N) is 2. The topological polar surface area (TPSA) is 67.4 Å². The minimum absolute atomic E-state index is 0.484. The molecular formula is C8H18N2O3S. The fraction of sp³-hybridized carbons (Fsp3) is 1.00. The molecule has 0 saturated heterocycles. The van der Waals surface area contributed by atoms with Gasteiger partial charge in [0.05, 0.1) is 7.11 Å². The van der Waals surface area contributed by atoms with E-state index in [0.717, 1.165) is 12.8 Å². The van der Waals surface area contributed by atoms with Crippen molar-refractivity contribution in [3.05, 3.63) is 0 Å². The zero-order valence-electron chi connectivity index (χ0n) is 8.45. The van der Waals surface area contributed by atoms with Gasteiger partial charge in [-0.15, -0.1) is 0 Å². The van der Waals surface area contributed by atoms with Crippen LogP contribution in [0.4, 0.5) is 0 Å². The third-order valence-corrected chi connectivity index (χ3v) is 3.41. The van der Waals surface area contributed by atoms with E-state index in [1.54, 1.807) is 0 Å². The molecule has 0 heterocycles. The van der Waals surface area contributed by atoms with E-state index in [1.165, 1.54) is 26.4 Å². The van der Waals surface area contributed by atoms with Crippen molar-refractivity contribution in [3.8, 4) is 0 Å². The first-order valence-electron chi connectivity index (χ1n) is 4.93. The Morgan fingerprint density at radius 2 is 1.93 bits per heavy atom. The third kappa shape index (κ3) is 4.36. The van der Waals surface area contributed by atoms with Gasteiger partial charge >= 0.3 is 0 Å². The first kappa shape index (κ1) is 11.9. The molecule has 1 saturated carbocycles. The van der Waals surface area contributed by atoms with Crippen LogP contribution < -0.4 is 9.61 Å². The standard InChI is InChI=1S/C8H18N2O3S/c1-13-10-14(11,12)9-7-8-5-3-2-4-6-8/h8-10H,2-7H2,1H3. The predicted molar refractivity (Wildman–Crippen MR) is 53.6 cm³/mol. The van der Waals surface area contributed by atoms with Crippen molar-refractivity contribution in [3.63, 3.8) is 0 Å². The second kappa shape index (κ2) is 5.65. The Bertz CT molecular complexity index is 247. The maximum atomic E-state index is 11.1. The second-order valence-electron chi connectivity index (χ2n) is 3.64. The van der Waals surface area contributed by atoms with Crippen molar-refractivity contribution in [2.45, 2.75) is 32.1 Å². The molecule has 0 aromatic carbocycles. The van der Waals surface area contributed by atoms with Crippen LogP contribution in [0.25, 0.3) is 0 Å². The zero-order chi connectivity index (χ0) is 10.4. The maximum absolute atomic E-state index is 11.1. The fourth-order valence-electron chi connectivity index (χ4n) is 1.76. The summed E-state index contributed by atoms with van der Waals surface area (Å²) in [6, 6.07) is 0. The minimum atomic E-state index is -3.45. The van der Waals surface area contributed by atoms with Crippen molar-refractivity contribution in [1.82, 2.24) is 9.61 Å². The summed E-state index contributed by atoms with van der Waals surface area (Å²) < 4.78 is 24.7. The Labute approximate surface area is 85.4 Å². The molecule has 0 atom stereocenters. The Kier molecular flexibility index (Phi) is 4.80. The summed E-state index contributed by atoms with van der Waals surface area (Å²) in [6.07, 6.45) is 5.94. The fourth-order valence-corrected chi connectivity index (χ4v) is 2.49. The van der Waals surface area contributed by atoms with Gasteiger partial charge in [-0.05, 0) is 18.8 Å². The number of rotatable bonds is 5. The molecule has 0 aromatic heterocycles. The van der Waals surface area contributed by atoms with Crippen molar-refractivity contribution in [1.29, 1.82) is 0 Å². The molecule has 1 aliphatic carbocycles. The molecule has 6 heteroatoms. The van der Waals surface area contributed by atoms with Gasteiger partial charge in [0.2, 0.25) is 0 Å². The summed E-state index contributed by atoms with van der Waals surface area (Å²) in [5.74, 6) is 0.484. The SMILES string of the molecule is CONS(=O)(=O)NCC1CCCCC1. The first-order valence-corrected chi connectivity index (χ1v) is 6.42. The molecule has 0 spiro atoms. The van der Waals surface area contributed by atoms with Gasteiger partial charge in [-0.25, -0.2) is 4.72 Å². The lowest BCUT2D eigenvalue weighted by Gasteiger charge is -2.21. The molecule has 0 radical (unpaired) electrons. The van der Waals surface area contributed by atoms with Gasteiger partial charge in [-0.2, -0.15) is 8.42 Å². The lowest BCUT2D eigenvalue weighted by atomic mass is 9.90. The van der Waals surface area contributed by atoms with Gasteiger partial charge < -0.3 is 0 Å². The summed E-state index contributed by atoms with van der Waals surface area (Å²) >= 11 is 0. The molecule has 0 unspecified atom stereocenters. The van der Waals surface area contributed by atoms with E-state index in [0.29, 0.717) is 12.5 Å². The van der Waals surface area contributed by atoms with E-state index in [2.05, 4.69) is 9.56 Å². The molecule has 5 nitrogen and oxygen atoms in total. The van der Waals surface area contributed by atoms with Crippen LogP contribution in [0.15, 0.2) is 0 Å². The van der Waals surface area contributed by atoms with Gasteiger partial charge in [0.1, 0.15) is 0 Å². The molecule has 0 bridgehead atoms. The van der Waals surface area contributed by atoms with E-state index >= 15 is 0 Å². The van der Waals surface area contributed by atoms with E-state index in [4.69, 9.17) is 0 Å². The molecule has 1 rings (SSSR count). The van der Waals surface area contributed by atoms with Crippen LogP contribution in [0.3, 0.4) is 0 Å². The summed E-state index contributed by atoms with van der Waals surface area (Å²) in [5, 5.41) is 0. The number of hydrogen-bond acceptors (Lipinski definition) is 3. The molecule has 1 aliphatic rings. The summed E-state index contributed by atoms with van der Waals surface area (Å²) in [4.78, 5) is 6.27. The summed E-state index contributed by atoms with van der Waals surface area (Å²) in [6.45, 7) is 0.513. The third-order valence-electron chi connectivity index (χ3n) is 2.48. The molecule has 84 valence electrons. The Morgan fingerprint density at radius 3 is 2.50 bits per heavy atom. The largest absolute Gasteiger partial charge is 0.299 e. The first-order chi connectivity index (χ1) is 6.64. The normalized spacial score (nSPS) is 19.8. The molecule has 2 N–H and O–H groups in total. The van der Waals surface area contributed by atoms with Crippen LogP contribution >= 0.6 is 0 Å². The highest BCUT2D eigenvalue weighted by molar-refractivity contribution is 7.87. The number of hydrogen-bond donors (Lipinski definition) is 2. The molecular weight excluding hydrogens is 204 g/mol. The average molecular weight is 222 g/mol. The van der Waals surface area contributed by atoms with Crippen LogP contribution in [0.2, 0.25) is 0 Å². The lowest BCUT2D eigenvalue weighted by molar-refractivity contribution is 0.151. The molecule has 0 aromatic rings. The molecule has 0 aliphatic heterocycles. The van der Waals surface area contributed by atoms with Gasteiger partial charge in [0.15, 0.2) is 0 Å². The van der Waals surface area contributed by atoms with Crippen molar-refractivity contribution in [2.24, 2.45) is 5.92 Å². The average Bonchev–Trinajstić information content (AvgIpc) is 2.17. The zero-order valence-corrected chi connectivity index (χ0v) is 9.27. The van der Waals surface area contributed by atoms with Crippen LogP contribution in [-0.4, -0.2) is 22.1 Å². The van der Waals surface area contributed by atoms with Crippen LogP contribution in [0.5, 0.6) is 0 Å². The van der Waals surface area contributed by atoms with Crippen molar-refractivity contribution in [2.75, 3.05) is 13.7 Å². The van der Waals surface area contributed by atoms with Crippen molar-refractivity contribution >= 4 is 10.2 Å². The van der Waals surface area contributed by atoms with E-state index < -0.39 is 10.2 Å². The van der Waals surface area contributed by atoms with Crippen LogP contribution in [0.1, 0.15) is 32.1 Å². The molecule has 14 heavy (non-hydrogen) atoms.